The Bertz CT molecular complexity index is 155. The zero-order valence-electron chi connectivity index (χ0n) is 9.16. The summed E-state index contributed by atoms with van der Waals surface area (Å²) < 4.78 is 0. The van der Waals surface area contributed by atoms with Gasteiger partial charge in [0, 0.05) is 7.05 Å². The van der Waals surface area contributed by atoms with Crippen LogP contribution < -0.4 is 0 Å². The van der Waals surface area contributed by atoms with Gasteiger partial charge in [0.05, 0.1) is 6.54 Å². The van der Waals surface area contributed by atoms with E-state index < -0.39 is 0 Å². The van der Waals surface area contributed by atoms with Gasteiger partial charge in [-0.15, -0.1) is 0 Å². The van der Waals surface area contributed by atoms with Crippen LogP contribution in [-0.2, 0) is 0 Å². The van der Waals surface area contributed by atoms with Crippen LogP contribution in [0.25, 0.3) is 0 Å². The molecule has 0 aliphatic carbocycles. The van der Waals surface area contributed by atoms with Crippen LogP contribution in [0.5, 0.6) is 0 Å². The Morgan fingerprint density at radius 1 is 1.38 bits per heavy atom. The second-order valence-corrected chi connectivity index (χ2v) is 3.44. The van der Waals surface area contributed by atoms with E-state index in [9.17, 15) is 0 Å². The topological polar surface area (TPSA) is 24.7 Å². The van der Waals surface area contributed by atoms with E-state index in [1.807, 2.05) is 0 Å². The maximum absolute atomic E-state index is 3.99. The van der Waals surface area contributed by atoms with E-state index in [0.717, 1.165) is 13.0 Å². The van der Waals surface area contributed by atoms with E-state index in [-0.39, 0.29) is 0 Å². The highest BCUT2D eigenvalue weighted by Gasteiger charge is 1.99. The summed E-state index contributed by atoms with van der Waals surface area (Å²) in [5.74, 6) is 0.679. The minimum atomic E-state index is 0.679. The molecule has 0 aromatic heterocycles. The zero-order chi connectivity index (χ0) is 9.94. The monoisotopic (exact) mass is 180 g/mol. The molecule has 0 fully saturated rings. The Morgan fingerprint density at radius 2 is 2.15 bits per heavy atom. The van der Waals surface area contributed by atoms with Gasteiger partial charge in [0.25, 0.3) is 0 Å². The lowest BCUT2D eigenvalue weighted by molar-refractivity contribution is 0.680. The molecule has 2 nitrogen and oxygen atoms in total. The summed E-state index contributed by atoms with van der Waals surface area (Å²) in [5, 5.41) is 7.74. The fraction of sp³-hybridized carbons (Fsp3) is 0.800. The van der Waals surface area contributed by atoms with Gasteiger partial charge < -0.3 is 0 Å². The lowest BCUT2D eigenvalue weighted by Crippen LogP contribution is -1.96. The van der Waals surface area contributed by atoms with Crippen molar-refractivity contribution in [1.29, 1.82) is 0 Å². The SMILES string of the molecule is BC(CCCC=CCC)C/N=N\C. The largest absolute Gasteiger partial charge is 0.198 e. The molecule has 1 atom stereocenters. The normalized spacial score (nSPS) is 14.3. The third-order valence-electron chi connectivity index (χ3n) is 2.00. The molecular weight excluding hydrogens is 159 g/mol. The van der Waals surface area contributed by atoms with E-state index in [0.29, 0.717) is 5.82 Å². The molecule has 13 heavy (non-hydrogen) atoms. The molecule has 0 heterocycles. The number of rotatable bonds is 7. The van der Waals surface area contributed by atoms with Crippen molar-refractivity contribution >= 4 is 7.85 Å². The summed E-state index contributed by atoms with van der Waals surface area (Å²) in [6.07, 6.45) is 9.40. The number of hydrogen-bond donors (Lipinski definition) is 0. The molecule has 0 radical (unpaired) electrons. The van der Waals surface area contributed by atoms with Gasteiger partial charge in [-0.25, -0.2) is 0 Å². The van der Waals surface area contributed by atoms with Gasteiger partial charge in [0.1, 0.15) is 7.85 Å². The van der Waals surface area contributed by atoms with Gasteiger partial charge in [0.15, 0.2) is 0 Å². The van der Waals surface area contributed by atoms with Gasteiger partial charge in [-0.05, 0) is 18.7 Å². The molecule has 1 unspecified atom stereocenters. The van der Waals surface area contributed by atoms with Crippen LogP contribution >= 0.6 is 0 Å². The Labute approximate surface area is 82.9 Å². The van der Waals surface area contributed by atoms with Gasteiger partial charge in [0.2, 0.25) is 0 Å². The molecule has 0 amide bonds. The van der Waals surface area contributed by atoms with Crippen molar-refractivity contribution in [3.05, 3.63) is 12.2 Å². The standard InChI is InChI=1S/C10H21BN2/c1-3-4-5-6-7-8-10(11)9-13-12-2/h4-5,10H,3,6-9,11H2,1-2H3/b5-4?,13-12-. The summed E-state index contributed by atoms with van der Waals surface area (Å²) in [6, 6.07) is 0. The molecule has 0 spiro atoms. The Hall–Kier alpha value is -0.595. The quantitative estimate of drug-likeness (QED) is 0.249. The number of nitrogens with zero attached hydrogens (tertiary/aromatic N) is 2. The second kappa shape index (κ2) is 9.49. The number of hydrogen-bond acceptors (Lipinski definition) is 2. The molecule has 0 N–H and O–H groups in total. The number of azo groups is 1. The summed E-state index contributed by atoms with van der Waals surface area (Å²) >= 11 is 0. The van der Waals surface area contributed by atoms with E-state index in [1.165, 1.54) is 19.3 Å². The number of unbranched alkanes of at least 4 members (excludes halogenated alkanes) is 1. The summed E-state index contributed by atoms with van der Waals surface area (Å²) in [5.41, 5.74) is 0. The molecular formula is C10H21BN2. The minimum absolute atomic E-state index is 0.679. The van der Waals surface area contributed by atoms with Crippen molar-refractivity contribution in [3.63, 3.8) is 0 Å². The van der Waals surface area contributed by atoms with E-state index in [2.05, 4.69) is 37.2 Å². The summed E-state index contributed by atoms with van der Waals surface area (Å²) in [7, 11) is 3.97. The van der Waals surface area contributed by atoms with Crippen LogP contribution in [0.3, 0.4) is 0 Å². The highest BCUT2D eigenvalue weighted by molar-refractivity contribution is 6.11. The van der Waals surface area contributed by atoms with E-state index in [1.54, 1.807) is 7.05 Å². The average Bonchev–Trinajstić information content (AvgIpc) is 2.14. The average molecular weight is 180 g/mol. The fourth-order valence-corrected chi connectivity index (χ4v) is 1.18. The minimum Gasteiger partial charge on any atom is -0.198 e. The van der Waals surface area contributed by atoms with Crippen LogP contribution in [0.2, 0.25) is 5.82 Å². The number of allylic oxidation sites excluding steroid dienone is 2. The summed E-state index contributed by atoms with van der Waals surface area (Å²) in [6.45, 7) is 3.05. The van der Waals surface area contributed by atoms with Crippen LogP contribution in [0.15, 0.2) is 22.4 Å². The predicted octanol–water partition coefficient (Wildman–Crippen LogP) is 2.63. The van der Waals surface area contributed by atoms with Crippen molar-refractivity contribution in [1.82, 2.24) is 0 Å². The van der Waals surface area contributed by atoms with Crippen molar-refractivity contribution in [3.8, 4) is 0 Å². The predicted molar refractivity (Wildman–Crippen MR) is 61.2 cm³/mol. The first-order valence-electron chi connectivity index (χ1n) is 5.21. The van der Waals surface area contributed by atoms with Crippen molar-refractivity contribution in [2.24, 2.45) is 10.2 Å². The molecule has 0 saturated heterocycles. The molecule has 3 heteroatoms. The Morgan fingerprint density at radius 3 is 2.77 bits per heavy atom. The van der Waals surface area contributed by atoms with Gasteiger partial charge in [-0.3, -0.25) is 0 Å². The van der Waals surface area contributed by atoms with Crippen LogP contribution in [0.1, 0.15) is 32.6 Å². The molecule has 0 aliphatic rings. The fourth-order valence-electron chi connectivity index (χ4n) is 1.18. The van der Waals surface area contributed by atoms with Crippen molar-refractivity contribution < 1.29 is 0 Å². The van der Waals surface area contributed by atoms with E-state index in [4.69, 9.17) is 0 Å². The first-order valence-corrected chi connectivity index (χ1v) is 5.21. The lowest BCUT2D eigenvalue weighted by Gasteiger charge is -2.04. The maximum atomic E-state index is 3.99. The molecule has 74 valence electrons. The molecule has 0 aliphatic heterocycles. The van der Waals surface area contributed by atoms with Gasteiger partial charge in [-0.2, -0.15) is 10.2 Å². The van der Waals surface area contributed by atoms with Crippen molar-refractivity contribution in [2.45, 2.75) is 38.4 Å². The highest BCUT2D eigenvalue weighted by atomic mass is 15.1. The van der Waals surface area contributed by atoms with Gasteiger partial charge >= 0.3 is 0 Å². The molecule has 0 aromatic carbocycles. The Balaban J connectivity index is 3.26. The maximum Gasteiger partial charge on any atom is 0.107 e. The third-order valence-corrected chi connectivity index (χ3v) is 2.00. The molecule has 0 bridgehead atoms. The Kier molecular flexibility index (Phi) is 9.06. The lowest BCUT2D eigenvalue weighted by atomic mass is 9.83. The third kappa shape index (κ3) is 9.32. The van der Waals surface area contributed by atoms with Crippen molar-refractivity contribution in [2.75, 3.05) is 13.6 Å². The first-order chi connectivity index (χ1) is 6.31. The van der Waals surface area contributed by atoms with Crippen LogP contribution in [0.4, 0.5) is 0 Å². The second-order valence-electron chi connectivity index (χ2n) is 3.44. The van der Waals surface area contributed by atoms with E-state index >= 15 is 0 Å². The molecule has 0 aromatic rings. The zero-order valence-corrected chi connectivity index (χ0v) is 9.16. The first kappa shape index (κ1) is 12.4. The van der Waals surface area contributed by atoms with Gasteiger partial charge in [-0.1, -0.05) is 31.9 Å². The molecule has 0 rings (SSSR count). The molecule has 0 saturated carbocycles. The summed E-state index contributed by atoms with van der Waals surface area (Å²) in [4.78, 5) is 0. The van der Waals surface area contributed by atoms with Crippen LogP contribution in [0, 0.1) is 0 Å². The highest BCUT2D eigenvalue weighted by Crippen LogP contribution is 2.11. The smallest absolute Gasteiger partial charge is 0.107 e. The van der Waals surface area contributed by atoms with Crippen LogP contribution in [-0.4, -0.2) is 21.4 Å².